The van der Waals surface area contributed by atoms with Crippen molar-refractivity contribution in [1.82, 2.24) is 4.57 Å². The highest BCUT2D eigenvalue weighted by molar-refractivity contribution is 5.98. The van der Waals surface area contributed by atoms with Gasteiger partial charge in [-0.15, -0.1) is 0 Å². The van der Waals surface area contributed by atoms with Gasteiger partial charge in [-0.05, 0) is 42.6 Å². The summed E-state index contributed by atoms with van der Waals surface area (Å²) in [6.45, 7) is 1.34. The van der Waals surface area contributed by atoms with Gasteiger partial charge < -0.3 is 19.1 Å². The molecule has 3 aromatic rings. The summed E-state index contributed by atoms with van der Waals surface area (Å²) in [6, 6.07) is 9.97. The lowest BCUT2D eigenvalue weighted by Gasteiger charge is -2.26. The van der Waals surface area contributed by atoms with Crippen molar-refractivity contribution in [3.05, 3.63) is 63.4 Å². The van der Waals surface area contributed by atoms with Crippen LogP contribution >= 0.6 is 0 Å². The number of esters is 1. The first-order valence-corrected chi connectivity index (χ1v) is 9.07. The van der Waals surface area contributed by atoms with Gasteiger partial charge in [-0.25, -0.2) is 0 Å². The molecule has 29 heavy (non-hydrogen) atoms. The Morgan fingerprint density at radius 1 is 1.21 bits per heavy atom. The monoisotopic (exact) mass is 393 g/mol. The van der Waals surface area contributed by atoms with Crippen molar-refractivity contribution in [3.63, 3.8) is 0 Å². The SMILES string of the molecule is COc1ccc2cc([C@@H]3CC(=O)Oc4ccc(C(C)=O)c(O)c43)c(=O)n(C)c2c1. The predicted molar refractivity (Wildman–Crippen MR) is 106 cm³/mol. The number of ether oxygens (including phenoxy) is 2. The summed E-state index contributed by atoms with van der Waals surface area (Å²) in [6.07, 6.45) is -0.112. The number of methoxy groups -OCH3 is 1. The number of carbonyl (C=O) groups excluding carboxylic acids is 2. The maximum atomic E-state index is 13.1. The van der Waals surface area contributed by atoms with Gasteiger partial charge in [0, 0.05) is 30.2 Å². The van der Waals surface area contributed by atoms with Gasteiger partial charge in [0.05, 0.1) is 24.6 Å². The van der Waals surface area contributed by atoms with E-state index in [-0.39, 0.29) is 40.4 Å². The van der Waals surface area contributed by atoms with E-state index in [1.165, 1.54) is 23.6 Å². The van der Waals surface area contributed by atoms with E-state index in [1.54, 1.807) is 32.4 Å². The molecule has 2 heterocycles. The average molecular weight is 393 g/mol. The van der Waals surface area contributed by atoms with Crippen LogP contribution in [0.5, 0.6) is 17.2 Å². The van der Waals surface area contributed by atoms with Crippen molar-refractivity contribution in [2.75, 3.05) is 7.11 Å². The van der Waals surface area contributed by atoms with Crippen molar-refractivity contribution in [1.29, 1.82) is 0 Å². The Morgan fingerprint density at radius 3 is 2.66 bits per heavy atom. The zero-order valence-corrected chi connectivity index (χ0v) is 16.2. The smallest absolute Gasteiger partial charge is 0.312 e. The van der Waals surface area contributed by atoms with Crippen molar-refractivity contribution < 1.29 is 24.2 Å². The van der Waals surface area contributed by atoms with Gasteiger partial charge in [-0.2, -0.15) is 0 Å². The van der Waals surface area contributed by atoms with Gasteiger partial charge >= 0.3 is 5.97 Å². The Balaban J connectivity index is 1.99. The van der Waals surface area contributed by atoms with Crippen LogP contribution in [0.1, 0.15) is 40.7 Å². The Labute approximate surface area is 166 Å². The van der Waals surface area contributed by atoms with Crippen LogP contribution in [-0.4, -0.2) is 28.5 Å². The highest BCUT2D eigenvalue weighted by Gasteiger charge is 2.34. The Kier molecular flexibility index (Phi) is 4.38. The summed E-state index contributed by atoms with van der Waals surface area (Å²) in [5.41, 5.74) is 1.12. The van der Waals surface area contributed by atoms with Crippen LogP contribution in [0.2, 0.25) is 0 Å². The zero-order valence-electron chi connectivity index (χ0n) is 16.2. The van der Waals surface area contributed by atoms with Crippen LogP contribution in [0.15, 0.2) is 41.2 Å². The second kappa shape index (κ2) is 6.77. The molecular weight excluding hydrogens is 374 g/mol. The minimum atomic E-state index is -0.726. The standard InChI is InChI=1S/C22H19NO6/c1-11(24)14-6-7-18-20(21(14)26)15(10-19(25)29-18)16-8-12-4-5-13(28-3)9-17(12)23(2)22(16)27/h4-9,15,26H,10H2,1-3H3/t15-/m0/s1. The molecule has 0 radical (unpaired) electrons. The fraction of sp³-hybridized carbons (Fsp3) is 0.227. The predicted octanol–water partition coefficient (Wildman–Crippen LogP) is 2.90. The topological polar surface area (TPSA) is 94.8 Å². The van der Waals surface area contributed by atoms with Gasteiger partial charge in [0.1, 0.15) is 17.2 Å². The molecule has 1 atom stereocenters. The number of benzene rings is 2. The fourth-order valence-corrected chi connectivity index (χ4v) is 3.84. The van der Waals surface area contributed by atoms with Crippen molar-refractivity contribution >= 4 is 22.7 Å². The van der Waals surface area contributed by atoms with Crippen LogP contribution in [0.25, 0.3) is 10.9 Å². The Bertz CT molecular complexity index is 1240. The molecule has 148 valence electrons. The highest BCUT2D eigenvalue weighted by Crippen LogP contribution is 2.44. The lowest BCUT2D eigenvalue weighted by atomic mass is 9.84. The lowest BCUT2D eigenvalue weighted by molar-refractivity contribution is -0.135. The number of aromatic nitrogens is 1. The number of phenols is 1. The van der Waals surface area contributed by atoms with Crippen molar-refractivity contribution in [2.24, 2.45) is 7.05 Å². The second-order valence-electron chi connectivity index (χ2n) is 7.05. The second-order valence-corrected chi connectivity index (χ2v) is 7.05. The number of ketones is 1. The molecule has 0 bridgehead atoms. The van der Waals surface area contributed by atoms with Gasteiger partial charge in [-0.1, -0.05) is 0 Å². The molecule has 1 aliphatic rings. The Hall–Kier alpha value is -3.61. The maximum absolute atomic E-state index is 13.1. The summed E-state index contributed by atoms with van der Waals surface area (Å²) in [5.74, 6) is -1.03. The third kappa shape index (κ3) is 2.95. The van der Waals surface area contributed by atoms with Crippen LogP contribution in [0, 0.1) is 0 Å². The molecule has 0 amide bonds. The van der Waals surface area contributed by atoms with E-state index in [1.807, 2.05) is 6.07 Å². The van der Waals surface area contributed by atoms with E-state index >= 15 is 0 Å². The minimum absolute atomic E-state index is 0.112. The molecule has 7 heteroatoms. The zero-order chi connectivity index (χ0) is 20.9. The number of nitrogens with zero attached hydrogens (tertiary/aromatic N) is 1. The fourth-order valence-electron chi connectivity index (χ4n) is 3.84. The van der Waals surface area contributed by atoms with E-state index in [9.17, 15) is 19.5 Å². The largest absolute Gasteiger partial charge is 0.507 e. The molecule has 1 N–H and O–H groups in total. The molecule has 0 unspecified atom stereocenters. The van der Waals surface area contributed by atoms with E-state index in [2.05, 4.69) is 0 Å². The third-order valence-corrected chi connectivity index (χ3v) is 5.34. The van der Waals surface area contributed by atoms with Crippen LogP contribution in [0.3, 0.4) is 0 Å². The van der Waals surface area contributed by atoms with Gasteiger partial charge in [0.25, 0.3) is 5.56 Å². The summed E-state index contributed by atoms with van der Waals surface area (Å²) in [5, 5.41) is 11.5. The first kappa shape index (κ1) is 18.7. The molecule has 0 saturated carbocycles. The van der Waals surface area contributed by atoms with Crippen LogP contribution < -0.4 is 15.0 Å². The number of aryl methyl sites for hydroxylation is 1. The number of hydrogen-bond acceptors (Lipinski definition) is 6. The number of Topliss-reactive ketones (excluding diaryl/α,β-unsaturated/α-hetero) is 1. The highest BCUT2D eigenvalue weighted by atomic mass is 16.5. The summed E-state index contributed by atoms with van der Waals surface area (Å²) < 4.78 is 12.0. The van der Waals surface area contributed by atoms with Crippen molar-refractivity contribution in [2.45, 2.75) is 19.3 Å². The average Bonchev–Trinajstić information content (AvgIpc) is 2.69. The Morgan fingerprint density at radius 2 is 1.97 bits per heavy atom. The third-order valence-electron chi connectivity index (χ3n) is 5.34. The quantitative estimate of drug-likeness (QED) is 0.418. The van der Waals surface area contributed by atoms with E-state index in [0.29, 0.717) is 16.8 Å². The summed E-state index contributed by atoms with van der Waals surface area (Å²) in [4.78, 5) is 37.2. The molecule has 0 spiro atoms. The number of pyridine rings is 1. The maximum Gasteiger partial charge on any atom is 0.312 e. The van der Waals surface area contributed by atoms with Crippen LogP contribution in [0.4, 0.5) is 0 Å². The molecule has 4 rings (SSSR count). The molecule has 0 aliphatic carbocycles. The van der Waals surface area contributed by atoms with Gasteiger partial charge in [-0.3, -0.25) is 14.4 Å². The van der Waals surface area contributed by atoms with E-state index in [0.717, 1.165) is 5.39 Å². The van der Waals surface area contributed by atoms with E-state index in [4.69, 9.17) is 9.47 Å². The van der Waals surface area contributed by atoms with Gasteiger partial charge in [0.15, 0.2) is 5.78 Å². The number of aromatic hydroxyl groups is 1. The lowest BCUT2D eigenvalue weighted by Crippen LogP contribution is -2.29. The molecular formula is C22H19NO6. The molecule has 1 aromatic heterocycles. The van der Waals surface area contributed by atoms with E-state index < -0.39 is 11.9 Å². The first-order chi connectivity index (χ1) is 13.8. The normalized spacial score (nSPS) is 15.7. The molecule has 7 nitrogen and oxygen atoms in total. The number of fused-ring (bicyclic) bond motifs is 2. The first-order valence-electron chi connectivity index (χ1n) is 9.07. The number of carbonyl (C=O) groups is 2. The molecule has 0 saturated heterocycles. The van der Waals surface area contributed by atoms with Crippen molar-refractivity contribution in [3.8, 4) is 17.2 Å². The van der Waals surface area contributed by atoms with Crippen LogP contribution in [-0.2, 0) is 11.8 Å². The summed E-state index contributed by atoms with van der Waals surface area (Å²) in [7, 11) is 3.19. The number of phenolic OH excluding ortho intramolecular Hbond substituents is 1. The minimum Gasteiger partial charge on any atom is -0.507 e. The number of hydrogen-bond donors (Lipinski definition) is 1. The number of rotatable bonds is 3. The molecule has 0 fully saturated rings. The summed E-state index contributed by atoms with van der Waals surface area (Å²) >= 11 is 0. The van der Waals surface area contributed by atoms with Gasteiger partial charge in [0.2, 0.25) is 0 Å². The molecule has 2 aromatic carbocycles. The molecule has 1 aliphatic heterocycles.